The van der Waals surface area contributed by atoms with Crippen LogP contribution in [-0.4, -0.2) is 21.0 Å². The molecule has 1 aliphatic rings. The summed E-state index contributed by atoms with van der Waals surface area (Å²) < 4.78 is 2.85. The molecule has 2 aromatic rings. The van der Waals surface area contributed by atoms with Crippen molar-refractivity contribution in [2.24, 2.45) is 0 Å². The van der Waals surface area contributed by atoms with Gasteiger partial charge in [0, 0.05) is 16.1 Å². The molecule has 1 fully saturated rings. The summed E-state index contributed by atoms with van der Waals surface area (Å²) in [6.07, 6.45) is 4.79. The van der Waals surface area contributed by atoms with Gasteiger partial charge in [-0.15, -0.1) is 0 Å². The highest BCUT2D eigenvalue weighted by Gasteiger charge is 2.25. The van der Waals surface area contributed by atoms with E-state index in [1.54, 1.807) is 0 Å². The molecule has 112 valence electrons. The van der Waals surface area contributed by atoms with Crippen molar-refractivity contribution in [3.63, 3.8) is 0 Å². The van der Waals surface area contributed by atoms with E-state index in [4.69, 9.17) is 5.73 Å². The van der Waals surface area contributed by atoms with Crippen LogP contribution in [0.1, 0.15) is 38.1 Å². The second-order valence-corrected chi connectivity index (χ2v) is 6.59. The number of aromatic nitrogens is 2. The third kappa shape index (κ3) is 3.14. The van der Waals surface area contributed by atoms with Crippen LogP contribution in [0.25, 0.3) is 11.3 Å². The maximum Gasteiger partial charge on any atom is 0.122 e. The molecule has 0 bridgehead atoms. The Morgan fingerprint density at radius 1 is 1.14 bits per heavy atom. The van der Waals surface area contributed by atoms with Crippen LogP contribution < -0.4 is 5.73 Å². The number of anilines is 1. The third-order valence-electron chi connectivity index (χ3n) is 4.16. The van der Waals surface area contributed by atoms with Gasteiger partial charge in [-0.1, -0.05) is 47.3 Å². The molecule has 0 spiro atoms. The van der Waals surface area contributed by atoms with Gasteiger partial charge in [0.25, 0.3) is 0 Å². The average molecular weight is 350 g/mol. The lowest BCUT2D eigenvalue weighted by Crippen LogP contribution is -2.25. The van der Waals surface area contributed by atoms with Crippen LogP contribution in [0, 0.1) is 0 Å². The molecule has 4 nitrogen and oxygen atoms in total. The van der Waals surface area contributed by atoms with Crippen molar-refractivity contribution in [2.45, 2.75) is 44.2 Å². The summed E-state index contributed by atoms with van der Waals surface area (Å²) in [5.41, 5.74) is 8.02. The second kappa shape index (κ2) is 6.20. The third-order valence-corrected chi connectivity index (χ3v) is 4.69. The van der Waals surface area contributed by atoms with Crippen LogP contribution in [0.5, 0.6) is 0 Å². The highest BCUT2D eigenvalue weighted by atomic mass is 79.9. The molecular weight excluding hydrogens is 330 g/mol. The Morgan fingerprint density at radius 3 is 2.62 bits per heavy atom. The van der Waals surface area contributed by atoms with Crippen molar-refractivity contribution in [3.05, 3.63) is 34.8 Å². The van der Waals surface area contributed by atoms with Crippen LogP contribution in [0.3, 0.4) is 0 Å². The smallest absolute Gasteiger partial charge is 0.122 e. The fourth-order valence-electron chi connectivity index (χ4n) is 2.99. The van der Waals surface area contributed by atoms with Gasteiger partial charge in [-0.25, -0.2) is 4.68 Å². The maximum atomic E-state index is 10.3. The van der Waals surface area contributed by atoms with Crippen LogP contribution in [0.4, 0.5) is 5.82 Å². The highest BCUT2D eigenvalue weighted by molar-refractivity contribution is 9.10. The van der Waals surface area contributed by atoms with Crippen molar-refractivity contribution < 1.29 is 5.11 Å². The topological polar surface area (TPSA) is 64.1 Å². The van der Waals surface area contributed by atoms with Crippen molar-refractivity contribution in [3.8, 4) is 11.3 Å². The molecule has 0 amide bonds. The zero-order chi connectivity index (χ0) is 14.8. The second-order valence-electron chi connectivity index (χ2n) is 5.68. The standard InChI is InChI=1S/C16H20BrN3O/c17-12-8-6-11(7-9-12)13-10-16(18)20(19-13)14-4-2-1-3-5-15(14)21/h6-10,14-15,21H,1-5,18H2. The Bertz CT molecular complexity index is 608. The fraction of sp³-hybridized carbons (Fsp3) is 0.438. The van der Waals surface area contributed by atoms with E-state index in [0.717, 1.165) is 41.4 Å². The number of hydrogen-bond acceptors (Lipinski definition) is 3. The van der Waals surface area contributed by atoms with Gasteiger partial charge in [0.05, 0.1) is 17.8 Å². The summed E-state index contributed by atoms with van der Waals surface area (Å²) >= 11 is 3.43. The van der Waals surface area contributed by atoms with E-state index in [9.17, 15) is 5.11 Å². The Morgan fingerprint density at radius 2 is 1.86 bits per heavy atom. The molecule has 1 aromatic carbocycles. The predicted molar refractivity (Wildman–Crippen MR) is 87.9 cm³/mol. The zero-order valence-corrected chi connectivity index (χ0v) is 13.5. The normalized spacial score (nSPS) is 23.0. The first-order chi connectivity index (χ1) is 10.1. The molecule has 1 saturated carbocycles. The van der Waals surface area contributed by atoms with Gasteiger partial charge < -0.3 is 10.8 Å². The van der Waals surface area contributed by atoms with E-state index in [2.05, 4.69) is 21.0 Å². The molecule has 1 heterocycles. The summed E-state index contributed by atoms with van der Waals surface area (Å²) in [5, 5.41) is 15.0. The van der Waals surface area contributed by atoms with E-state index in [1.807, 2.05) is 35.0 Å². The summed E-state index contributed by atoms with van der Waals surface area (Å²) in [7, 11) is 0. The van der Waals surface area contributed by atoms with Crippen molar-refractivity contribution in [2.75, 3.05) is 5.73 Å². The first kappa shape index (κ1) is 14.6. The van der Waals surface area contributed by atoms with Crippen LogP contribution >= 0.6 is 15.9 Å². The summed E-state index contributed by atoms with van der Waals surface area (Å²) in [5.74, 6) is 0.624. The summed E-state index contributed by atoms with van der Waals surface area (Å²) in [6, 6.07) is 9.90. The maximum absolute atomic E-state index is 10.3. The lowest BCUT2D eigenvalue weighted by molar-refractivity contribution is 0.100. The minimum atomic E-state index is -0.354. The monoisotopic (exact) mass is 349 g/mol. The summed E-state index contributed by atoms with van der Waals surface area (Å²) in [4.78, 5) is 0. The molecule has 5 heteroatoms. The lowest BCUT2D eigenvalue weighted by Gasteiger charge is -2.21. The average Bonchev–Trinajstić information content (AvgIpc) is 2.72. The molecule has 3 N–H and O–H groups in total. The Balaban J connectivity index is 1.91. The van der Waals surface area contributed by atoms with Crippen molar-refractivity contribution in [1.82, 2.24) is 9.78 Å². The number of halogens is 1. The molecule has 0 saturated heterocycles. The fourth-order valence-corrected chi connectivity index (χ4v) is 3.25. The quantitative estimate of drug-likeness (QED) is 0.811. The number of nitrogens with two attached hydrogens (primary N) is 1. The molecule has 21 heavy (non-hydrogen) atoms. The lowest BCUT2D eigenvalue weighted by atomic mass is 10.1. The van der Waals surface area contributed by atoms with Crippen LogP contribution in [0.15, 0.2) is 34.8 Å². The van der Waals surface area contributed by atoms with Gasteiger partial charge >= 0.3 is 0 Å². The molecule has 0 aliphatic heterocycles. The zero-order valence-electron chi connectivity index (χ0n) is 11.9. The Labute approximate surface area is 133 Å². The minimum Gasteiger partial charge on any atom is -0.391 e. The van der Waals surface area contributed by atoms with Crippen molar-refractivity contribution >= 4 is 21.7 Å². The molecular formula is C16H20BrN3O. The van der Waals surface area contributed by atoms with E-state index in [-0.39, 0.29) is 12.1 Å². The number of rotatable bonds is 2. The molecule has 1 aromatic heterocycles. The van der Waals surface area contributed by atoms with Gasteiger partial charge in [-0.2, -0.15) is 5.10 Å². The van der Waals surface area contributed by atoms with E-state index in [0.29, 0.717) is 5.82 Å². The predicted octanol–water partition coefficient (Wildman–Crippen LogP) is 3.76. The van der Waals surface area contributed by atoms with Gasteiger partial charge in [0.2, 0.25) is 0 Å². The first-order valence-corrected chi connectivity index (χ1v) is 8.23. The molecule has 2 unspecified atom stereocenters. The van der Waals surface area contributed by atoms with Crippen molar-refractivity contribution in [1.29, 1.82) is 0 Å². The van der Waals surface area contributed by atoms with Gasteiger partial charge in [0.1, 0.15) is 5.82 Å². The molecule has 1 aliphatic carbocycles. The number of benzene rings is 1. The van der Waals surface area contributed by atoms with E-state index >= 15 is 0 Å². The first-order valence-electron chi connectivity index (χ1n) is 7.44. The molecule has 2 atom stereocenters. The largest absolute Gasteiger partial charge is 0.391 e. The Kier molecular flexibility index (Phi) is 4.31. The highest BCUT2D eigenvalue weighted by Crippen LogP contribution is 2.31. The SMILES string of the molecule is Nc1cc(-c2ccc(Br)cc2)nn1C1CCCCCC1O. The van der Waals surface area contributed by atoms with Crippen LogP contribution in [0.2, 0.25) is 0 Å². The number of nitrogens with zero attached hydrogens (tertiary/aromatic N) is 2. The van der Waals surface area contributed by atoms with Gasteiger partial charge in [-0.05, 0) is 25.0 Å². The van der Waals surface area contributed by atoms with E-state index < -0.39 is 0 Å². The number of aliphatic hydroxyl groups excluding tert-OH is 1. The number of nitrogen functional groups attached to an aromatic ring is 1. The Hall–Kier alpha value is -1.33. The minimum absolute atomic E-state index is 0.00306. The number of aliphatic hydroxyl groups is 1. The molecule has 3 rings (SSSR count). The summed E-state index contributed by atoms with van der Waals surface area (Å²) in [6.45, 7) is 0. The van der Waals surface area contributed by atoms with Gasteiger partial charge in [-0.3, -0.25) is 0 Å². The molecule has 0 radical (unpaired) electrons. The van der Waals surface area contributed by atoms with E-state index in [1.165, 1.54) is 6.42 Å². The van der Waals surface area contributed by atoms with Gasteiger partial charge in [0.15, 0.2) is 0 Å². The number of hydrogen-bond donors (Lipinski definition) is 2. The van der Waals surface area contributed by atoms with Crippen LogP contribution in [-0.2, 0) is 0 Å².